The molecule has 0 saturated carbocycles. The normalized spacial score (nSPS) is 16.5. The molecule has 2 aromatic rings. The van der Waals surface area contributed by atoms with E-state index in [-0.39, 0.29) is 11.9 Å². The van der Waals surface area contributed by atoms with Crippen LogP contribution in [0.1, 0.15) is 16.7 Å². The van der Waals surface area contributed by atoms with Crippen LogP contribution in [-0.2, 0) is 20.5 Å². The molecule has 134 valence electrons. The van der Waals surface area contributed by atoms with Gasteiger partial charge in [0.1, 0.15) is 18.5 Å². The van der Waals surface area contributed by atoms with E-state index in [9.17, 15) is 8.42 Å². The third-order valence-electron chi connectivity index (χ3n) is 4.37. The molecule has 0 aliphatic carbocycles. The van der Waals surface area contributed by atoms with Gasteiger partial charge in [0.25, 0.3) is 0 Å². The quantitative estimate of drug-likeness (QED) is 0.711. The van der Waals surface area contributed by atoms with E-state index in [1.807, 2.05) is 44.2 Å². The molecule has 1 fully saturated rings. The standard InChI is InChI=1S/C19H23NO4S/c1-14-9-17(23-11-18-12-24-18)10-15(2)19(14)13-25(21,22)20(3)16-7-5-4-6-8-16/h4-10,18H,11-13H2,1-3H3. The second-order valence-electron chi connectivity index (χ2n) is 6.36. The fourth-order valence-corrected chi connectivity index (χ4v) is 4.15. The lowest BCUT2D eigenvalue weighted by molar-refractivity contribution is 0.263. The average Bonchev–Trinajstić information content (AvgIpc) is 3.41. The van der Waals surface area contributed by atoms with Crippen LogP contribution >= 0.6 is 0 Å². The summed E-state index contributed by atoms with van der Waals surface area (Å²) in [5.74, 6) is 0.713. The highest BCUT2D eigenvalue weighted by atomic mass is 32.2. The Morgan fingerprint density at radius 2 is 1.76 bits per heavy atom. The van der Waals surface area contributed by atoms with Crippen molar-refractivity contribution in [3.8, 4) is 5.75 Å². The van der Waals surface area contributed by atoms with Gasteiger partial charge in [-0.15, -0.1) is 0 Å². The zero-order valence-electron chi connectivity index (χ0n) is 14.7. The molecule has 0 bridgehead atoms. The fourth-order valence-electron chi connectivity index (χ4n) is 2.70. The first-order valence-electron chi connectivity index (χ1n) is 8.23. The van der Waals surface area contributed by atoms with Gasteiger partial charge in [-0.2, -0.15) is 0 Å². The number of hydrogen-bond acceptors (Lipinski definition) is 4. The van der Waals surface area contributed by atoms with Gasteiger partial charge in [0.05, 0.1) is 18.0 Å². The lowest BCUT2D eigenvalue weighted by atomic mass is 10.0. The van der Waals surface area contributed by atoms with Crippen molar-refractivity contribution < 1.29 is 17.9 Å². The van der Waals surface area contributed by atoms with Gasteiger partial charge in [-0.3, -0.25) is 4.31 Å². The highest BCUT2D eigenvalue weighted by molar-refractivity contribution is 7.92. The Balaban J connectivity index is 1.79. The van der Waals surface area contributed by atoms with Crippen LogP contribution in [-0.4, -0.2) is 34.8 Å². The minimum Gasteiger partial charge on any atom is -0.491 e. The summed E-state index contributed by atoms with van der Waals surface area (Å²) in [7, 11) is -1.88. The molecule has 3 rings (SSSR count). The Bertz CT molecular complexity index is 822. The second kappa shape index (κ2) is 7.06. The number of aryl methyl sites for hydroxylation is 2. The summed E-state index contributed by atoms with van der Waals surface area (Å²) in [5.41, 5.74) is 3.30. The second-order valence-corrected chi connectivity index (χ2v) is 8.36. The van der Waals surface area contributed by atoms with Gasteiger partial charge >= 0.3 is 0 Å². The number of ether oxygens (including phenoxy) is 2. The van der Waals surface area contributed by atoms with Crippen LogP contribution < -0.4 is 9.04 Å². The lowest BCUT2D eigenvalue weighted by Crippen LogP contribution is -2.28. The molecule has 0 aromatic heterocycles. The van der Waals surface area contributed by atoms with Crippen LogP contribution in [0.3, 0.4) is 0 Å². The maximum Gasteiger partial charge on any atom is 0.239 e. The van der Waals surface area contributed by atoms with Gasteiger partial charge < -0.3 is 9.47 Å². The molecule has 1 saturated heterocycles. The summed E-state index contributed by atoms with van der Waals surface area (Å²) < 4.78 is 37.8. The zero-order valence-corrected chi connectivity index (χ0v) is 15.5. The maximum atomic E-state index is 12.8. The first kappa shape index (κ1) is 17.8. The molecule has 0 N–H and O–H groups in total. The van der Waals surface area contributed by atoms with Gasteiger partial charge in [-0.1, -0.05) is 18.2 Å². The van der Waals surface area contributed by atoms with Crippen molar-refractivity contribution in [3.63, 3.8) is 0 Å². The molecular formula is C19H23NO4S. The molecule has 1 unspecified atom stereocenters. The summed E-state index contributed by atoms with van der Waals surface area (Å²) >= 11 is 0. The van der Waals surface area contributed by atoms with Crippen LogP contribution in [0.5, 0.6) is 5.75 Å². The van der Waals surface area contributed by atoms with Gasteiger partial charge in [-0.05, 0) is 54.8 Å². The van der Waals surface area contributed by atoms with E-state index in [0.29, 0.717) is 12.3 Å². The number of para-hydroxylation sites is 1. The molecule has 2 aromatic carbocycles. The van der Waals surface area contributed by atoms with Gasteiger partial charge in [0.15, 0.2) is 0 Å². The number of rotatable bonds is 7. The van der Waals surface area contributed by atoms with E-state index in [0.717, 1.165) is 29.0 Å². The minimum atomic E-state index is -3.47. The third kappa shape index (κ3) is 4.32. The summed E-state index contributed by atoms with van der Waals surface area (Å²) in [6.45, 7) is 5.12. The fraction of sp³-hybridized carbons (Fsp3) is 0.368. The highest BCUT2D eigenvalue weighted by Gasteiger charge is 2.24. The highest BCUT2D eigenvalue weighted by Crippen LogP contribution is 2.26. The van der Waals surface area contributed by atoms with E-state index < -0.39 is 10.0 Å². The van der Waals surface area contributed by atoms with Crippen LogP contribution in [0, 0.1) is 13.8 Å². The Morgan fingerprint density at radius 1 is 1.16 bits per heavy atom. The van der Waals surface area contributed by atoms with Gasteiger partial charge in [0.2, 0.25) is 10.0 Å². The topological polar surface area (TPSA) is 59.1 Å². The molecule has 1 aliphatic heterocycles. The van der Waals surface area contributed by atoms with E-state index >= 15 is 0 Å². The molecular weight excluding hydrogens is 338 g/mol. The van der Waals surface area contributed by atoms with E-state index in [1.165, 1.54) is 4.31 Å². The van der Waals surface area contributed by atoms with Crippen molar-refractivity contribution in [2.75, 3.05) is 24.6 Å². The summed E-state index contributed by atoms with van der Waals surface area (Å²) in [5, 5.41) is 0. The smallest absolute Gasteiger partial charge is 0.239 e. The first-order valence-corrected chi connectivity index (χ1v) is 9.84. The molecule has 25 heavy (non-hydrogen) atoms. The van der Waals surface area contributed by atoms with Crippen LogP contribution in [0.4, 0.5) is 5.69 Å². The van der Waals surface area contributed by atoms with Crippen molar-refractivity contribution >= 4 is 15.7 Å². The molecule has 5 nitrogen and oxygen atoms in total. The number of anilines is 1. The Hall–Kier alpha value is -2.05. The van der Waals surface area contributed by atoms with Crippen molar-refractivity contribution in [1.82, 2.24) is 0 Å². The molecule has 1 aliphatic rings. The van der Waals surface area contributed by atoms with Crippen molar-refractivity contribution in [1.29, 1.82) is 0 Å². The average molecular weight is 361 g/mol. The minimum absolute atomic E-state index is 0.0396. The van der Waals surface area contributed by atoms with Crippen molar-refractivity contribution in [2.24, 2.45) is 0 Å². The van der Waals surface area contributed by atoms with E-state index in [2.05, 4.69) is 0 Å². The monoisotopic (exact) mass is 361 g/mol. The van der Waals surface area contributed by atoms with Crippen molar-refractivity contribution in [3.05, 3.63) is 59.2 Å². The van der Waals surface area contributed by atoms with Crippen LogP contribution in [0.15, 0.2) is 42.5 Å². The molecule has 1 heterocycles. The molecule has 0 radical (unpaired) electrons. The molecule has 1 atom stereocenters. The summed E-state index contributed by atoms with van der Waals surface area (Å²) in [6, 6.07) is 12.9. The lowest BCUT2D eigenvalue weighted by Gasteiger charge is -2.21. The molecule has 0 spiro atoms. The molecule has 0 amide bonds. The first-order chi connectivity index (χ1) is 11.9. The third-order valence-corrected chi connectivity index (χ3v) is 6.07. The number of nitrogens with zero attached hydrogens (tertiary/aromatic N) is 1. The van der Waals surface area contributed by atoms with E-state index in [4.69, 9.17) is 9.47 Å². The van der Waals surface area contributed by atoms with Crippen molar-refractivity contribution in [2.45, 2.75) is 25.7 Å². The Kier molecular flexibility index (Phi) is 5.01. The van der Waals surface area contributed by atoms with E-state index in [1.54, 1.807) is 19.2 Å². The Morgan fingerprint density at radius 3 is 2.32 bits per heavy atom. The number of sulfonamides is 1. The number of hydrogen-bond donors (Lipinski definition) is 0. The maximum absolute atomic E-state index is 12.8. The van der Waals surface area contributed by atoms with Gasteiger partial charge in [0, 0.05) is 7.05 Å². The van der Waals surface area contributed by atoms with Gasteiger partial charge in [-0.25, -0.2) is 8.42 Å². The van der Waals surface area contributed by atoms with Crippen LogP contribution in [0.25, 0.3) is 0 Å². The number of benzene rings is 2. The zero-order chi connectivity index (χ0) is 18.0. The largest absolute Gasteiger partial charge is 0.491 e. The van der Waals surface area contributed by atoms with Crippen LogP contribution in [0.2, 0.25) is 0 Å². The summed E-state index contributed by atoms with van der Waals surface area (Å²) in [6.07, 6.45) is 0.195. The summed E-state index contributed by atoms with van der Waals surface area (Å²) in [4.78, 5) is 0. The Labute approximate surface area is 149 Å². The molecule has 6 heteroatoms. The predicted octanol–water partition coefficient (Wildman–Crippen LogP) is 3.05. The SMILES string of the molecule is Cc1cc(OCC2CO2)cc(C)c1CS(=O)(=O)N(C)c1ccccc1. The number of epoxide rings is 1. The predicted molar refractivity (Wildman–Crippen MR) is 98.6 cm³/mol.